The molecule has 0 fully saturated rings. The fraction of sp³-hybridized carbons (Fsp3) is 0.953. The predicted molar refractivity (Wildman–Crippen MR) is 204 cm³/mol. The van der Waals surface area contributed by atoms with Gasteiger partial charge in [0, 0.05) is 12.8 Å². The van der Waals surface area contributed by atoms with Crippen LogP contribution in [0.15, 0.2) is 0 Å². The van der Waals surface area contributed by atoms with E-state index in [-0.39, 0.29) is 11.9 Å². The first-order chi connectivity index (χ1) is 23.0. The summed E-state index contributed by atoms with van der Waals surface area (Å²) < 4.78 is 11.1. The van der Waals surface area contributed by atoms with Crippen LogP contribution in [0.1, 0.15) is 234 Å². The number of unbranched alkanes of at least 4 members (excludes halogenated alkanes) is 14. The van der Waals surface area contributed by atoms with E-state index in [1.165, 1.54) is 148 Å². The van der Waals surface area contributed by atoms with Crippen LogP contribution < -0.4 is 0 Å². The Balaban J connectivity index is 3.78. The molecule has 0 aromatic heterocycles. The molecule has 0 aliphatic carbocycles. The van der Waals surface area contributed by atoms with Crippen molar-refractivity contribution < 1.29 is 19.1 Å². The lowest BCUT2D eigenvalue weighted by atomic mass is 9.91. The van der Waals surface area contributed by atoms with Gasteiger partial charge in [-0.25, -0.2) is 0 Å². The molecule has 0 spiro atoms. The second-order valence-electron chi connectivity index (χ2n) is 15.1. The highest BCUT2D eigenvalue weighted by molar-refractivity contribution is 5.69. The Kier molecular flexibility index (Phi) is 35.4. The van der Waals surface area contributed by atoms with Crippen LogP contribution in [0.2, 0.25) is 0 Å². The quantitative estimate of drug-likeness (QED) is 0.0490. The highest BCUT2D eigenvalue weighted by atomic mass is 16.5. The van der Waals surface area contributed by atoms with Crippen LogP contribution in [0.4, 0.5) is 0 Å². The second-order valence-corrected chi connectivity index (χ2v) is 15.1. The Bertz CT molecular complexity index is 662. The minimum absolute atomic E-state index is 0.000362. The average molecular weight is 665 g/mol. The van der Waals surface area contributed by atoms with Gasteiger partial charge in [0.25, 0.3) is 0 Å². The molecule has 280 valence electrons. The van der Waals surface area contributed by atoms with Crippen LogP contribution in [0.25, 0.3) is 0 Å². The molecule has 47 heavy (non-hydrogen) atoms. The van der Waals surface area contributed by atoms with Gasteiger partial charge in [-0.15, -0.1) is 0 Å². The van der Waals surface area contributed by atoms with Crippen molar-refractivity contribution in [2.75, 3.05) is 13.2 Å². The third kappa shape index (κ3) is 33.2. The fourth-order valence-corrected chi connectivity index (χ4v) is 7.02. The summed E-state index contributed by atoms with van der Waals surface area (Å²) in [7, 11) is 0. The molecule has 0 aromatic rings. The summed E-state index contributed by atoms with van der Waals surface area (Å²) in [4.78, 5) is 24.4. The zero-order valence-electron chi connectivity index (χ0n) is 32.7. The van der Waals surface area contributed by atoms with Crippen molar-refractivity contribution in [2.45, 2.75) is 234 Å². The molecule has 3 unspecified atom stereocenters. The first kappa shape index (κ1) is 45.9. The Hall–Kier alpha value is -1.06. The largest absolute Gasteiger partial charge is 0.466 e. The van der Waals surface area contributed by atoms with Gasteiger partial charge in [0.1, 0.15) is 0 Å². The smallest absolute Gasteiger partial charge is 0.305 e. The molecule has 0 radical (unpaired) electrons. The predicted octanol–water partition coefficient (Wildman–Crippen LogP) is 14.1. The number of hydrogen-bond acceptors (Lipinski definition) is 4. The van der Waals surface area contributed by atoms with E-state index in [9.17, 15) is 9.59 Å². The van der Waals surface area contributed by atoms with Gasteiger partial charge < -0.3 is 9.47 Å². The molecule has 0 amide bonds. The SMILES string of the molecule is CCCCCCCC(C)CCCOC(=O)CCCCCC(CC)CCCCCC(=O)OCCCC(CCCCC)CCCCCCC. The maximum Gasteiger partial charge on any atom is 0.305 e. The van der Waals surface area contributed by atoms with E-state index >= 15 is 0 Å². The van der Waals surface area contributed by atoms with Crippen LogP contribution in [0, 0.1) is 17.8 Å². The molecule has 0 bridgehead atoms. The minimum Gasteiger partial charge on any atom is -0.466 e. The van der Waals surface area contributed by atoms with Crippen LogP contribution in [0.5, 0.6) is 0 Å². The number of esters is 2. The maximum absolute atomic E-state index is 12.3. The summed E-state index contributed by atoms with van der Waals surface area (Å²) in [5.41, 5.74) is 0. The van der Waals surface area contributed by atoms with Gasteiger partial charge in [0.05, 0.1) is 13.2 Å². The lowest BCUT2D eigenvalue weighted by Gasteiger charge is -2.17. The van der Waals surface area contributed by atoms with Crippen molar-refractivity contribution in [3.05, 3.63) is 0 Å². The number of carbonyl (C=O) groups is 2. The summed E-state index contributed by atoms with van der Waals surface area (Å²) in [6.07, 6.45) is 37.4. The number of carbonyl (C=O) groups excluding carboxylic acids is 2. The number of rotatable bonds is 37. The Morgan fingerprint density at radius 2 is 0.745 bits per heavy atom. The average Bonchev–Trinajstić information content (AvgIpc) is 3.06. The van der Waals surface area contributed by atoms with Crippen molar-refractivity contribution in [1.29, 1.82) is 0 Å². The molecule has 0 heterocycles. The minimum atomic E-state index is -0.0115. The number of hydrogen-bond donors (Lipinski definition) is 0. The van der Waals surface area contributed by atoms with Crippen molar-refractivity contribution in [2.24, 2.45) is 17.8 Å². The second kappa shape index (κ2) is 36.2. The molecule has 0 saturated heterocycles. The van der Waals surface area contributed by atoms with Gasteiger partial charge in [0.2, 0.25) is 0 Å². The molecule has 4 nitrogen and oxygen atoms in total. The molecule has 0 N–H and O–H groups in total. The third-order valence-corrected chi connectivity index (χ3v) is 10.4. The molecule has 0 rings (SSSR count). The van der Waals surface area contributed by atoms with Crippen LogP contribution in [-0.4, -0.2) is 25.2 Å². The molecular weight excluding hydrogens is 580 g/mol. The lowest BCUT2D eigenvalue weighted by molar-refractivity contribution is -0.144. The van der Waals surface area contributed by atoms with E-state index in [2.05, 4.69) is 34.6 Å². The van der Waals surface area contributed by atoms with E-state index in [0.717, 1.165) is 56.3 Å². The summed E-state index contributed by atoms with van der Waals surface area (Å²) in [6, 6.07) is 0. The van der Waals surface area contributed by atoms with Crippen LogP contribution in [-0.2, 0) is 19.1 Å². The lowest BCUT2D eigenvalue weighted by Crippen LogP contribution is -2.08. The summed E-state index contributed by atoms with van der Waals surface area (Å²) >= 11 is 0. The third-order valence-electron chi connectivity index (χ3n) is 10.4. The van der Waals surface area contributed by atoms with Gasteiger partial charge in [-0.1, -0.05) is 182 Å². The van der Waals surface area contributed by atoms with E-state index in [4.69, 9.17) is 9.47 Å². The zero-order chi connectivity index (χ0) is 34.6. The van der Waals surface area contributed by atoms with Crippen molar-refractivity contribution in [3.63, 3.8) is 0 Å². The number of ether oxygens (including phenoxy) is 2. The Morgan fingerprint density at radius 3 is 1.23 bits per heavy atom. The van der Waals surface area contributed by atoms with E-state index in [1.54, 1.807) is 0 Å². The first-order valence-corrected chi connectivity index (χ1v) is 21.3. The van der Waals surface area contributed by atoms with Crippen molar-refractivity contribution in [3.8, 4) is 0 Å². The first-order valence-electron chi connectivity index (χ1n) is 21.3. The van der Waals surface area contributed by atoms with Crippen molar-refractivity contribution >= 4 is 11.9 Å². The zero-order valence-corrected chi connectivity index (χ0v) is 32.7. The monoisotopic (exact) mass is 665 g/mol. The van der Waals surface area contributed by atoms with E-state index in [0.29, 0.717) is 26.1 Å². The Labute approximate surface area is 295 Å². The highest BCUT2D eigenvalue weighted by Gasteiger charge is 2.11. The van der Waals surface area contributed by atoms with E-state index in [1.807, 2.05) is 0 Å². The van der Waals surface area contributed by atoms with Gasteiger partial charge in [0.15, 0.2) is 0 Å². The van der Waals surface area contributed by atoms with Gasteiger partial charge >= 0.3 is 11.9 Å². The molecule has 0 aromatic carbocycles. The molecule has 3 atom stereocenters. The van der Waals surface area contributed by atoms with Crippen LogP contribution in [0.3, 0.4) is 0 Å². The van der Waals surface area contributed by atoms with Crippen LogP contribution >= 0.6 is 0 Å². The summed E-state index contributed by atoms with van der Waals surface area (Å²) in [5, 5.41) is 0. The summed E-state index contributed by atoms with van der Waals surface area (Å²) in [5.74, 6) is 2.31. The standard InChI is InChI=1S/C43H84O4/c1-6-10-13-15-20-28-39(5)29-26-37-46-42(44)35-24-17-22-30-40(9-4)31-23-18-25-36-43(45)47-38-27-34-41(32-19-12-8-3)33-21-16-14-11-7-2/h39-41H,6-38H2,1-5H3. The normalized spacial score (nSPS) is 13.4. The molecule has 0 aliphatic rings. The highest BCUT2D eigenvalue weighted by Crippen LogP contribution is 2.24. The van der Waals surface area contributed by atoms with Gasteiger partial charge in [-0.2, -0.15) is 0 Å². The molecule has 4 heteroatoms. The van der Waals surface area contributed by atoms with E-state index < -0.39 is 0 Å². The van der Waals surface area contributed by atoms with Gasteiger partial charge in [-0.05, 0) is 56.3 Å². The molecular formula is C43H84O4. The van der Waals surface area contributed by atoms with Gasteiger partial charge in [-0.3, -0.25) is 9.59 Å². The maximum atomic E-state index is 12.3. The fourth-order valence-electron chi connectivity index (χ4n) is 7.02. The molecule has 0 saturated carbocycles. The topological polar surface area (TPSA) is 52.6 Å². The van der Waals surface area contributed by atoms with Crippen molar-refractivity contribution in [1.82, 2.24) is 0 Å². The Morgan fingerprint density at radius 1 is 0.404 bits per heavy atom. The molecule has 0 aliphatic heterocycles. The summed E-state index contributed by atoms with van der Waals surface area (Å²) in [6.45, 7) is 12.7.